The average molecular weight is 442 g/mol. The van der Waals surface area contributed by atoms with Crippen LogP contribution in [-0.2, 0) is 11.3 Å². The van der Waals surface area contributed by atoms with Crippen molar-refractivity contribution in [2.24, 2.45) is 0 Å². The van der Waals surface area contributed by atoms with Gasteiger partial charge in [-0.15, -0.1) is 22.7 Å². The van der Waals surface area contributed by atoms with Gasteiger partial charge in [-0.25, -0.2) is 4.98 Å². The number of hydrogen-bond acceptors (Lipinski definition) is 7. The molecular weight excluding hydrogens is 422 g/mol. The number of anilines is 1. The summed E-state index contributed by atoms with van der Waals surface area (Å²) >= 11 is 2.90. The van der Waals surface area contributed by atoms with Gasteiger partial charge in [0, 0.05) is 28.1 Å². The maximum atomic E-state index is 12.8. The summed E-state index contributed by atoms with van der Waals surface area (Å²) in [6.45, 7) is 3.82. The highest BCUT2D eigenvalue weighted by atomic mass is 32.1. The van der Waals surface area contributed by atoms with Crippen molar-refractivity contribution in [1.82, 2.24) is 10.3 Å². The zero-order chi connectivity index (χ0) is 21.3. The van der Waals surface area contributed by atoms with Gasteiger partial charge in [-0.05, 0) is 37.3 Å². The highest BCUT2D eigenvalue weighted by molar-refractivity contribution is 7.17. The Labute approximate surface area is 180 Å². The molecular formula is C21H19N3O4S2. The largest absolute Gasteiger partial charge is 0.497 e. The van der Waals surface area contributed by atoms with E-state index in [0.29, 0.717) is 23.0 Å². The zero-order valence-corrected chi connectivity index (χ0v) is 18.2. The predicted molar refractivity (Wildman–Crippen MR) is 118 cm³/mol. The number of carbonyl (C=O) groups excluding carboxylic acids is 2. The van der Waals surface area contributed by atoms with E-state index in [2.05, 4.69) is 15.6 Å². The minimum atomic E-state index is -0.346. The minimum absolute atomic E-state index is 0.0667. The molecule has 0 saturated heterocycles. The monoisotopic (exact) mass is 441 g/mol. The van der Waals surface area contributed by atoms with E-state index >= 15 is 0 Å². The normalized spacial score (nSPS) is 10.9. The molecule has 7 nitrogen and oxygen atoms in total. The van der Waals surface area contributed by atoms with Crippen LogP contribution >= 0.6 is 22.7 Å². The van der Waals surface area contributed by atoms with Crippen LogP contribution in [0.3, 0.4) is 0 Å². The number of aryl methyl sites for hydroxylation is 1. The van der Waals surface area contributed by atoms with E-state index in [-0.39, 0.29) is 17.6 Å². The summed E-state index contributed by atoms with van der Waals surface area (Å²) in [7, 11) is 1.60. The maximum Gasteiger partial charge on any atom is 0.293 e. The Bertz CT molecular complexity index is 1240. The van der Waals surface area contributed by atoms with Crippen molar-refractivity contribution in [2.45, 2.75) is 20.4 Å². The molecule has 4 rings (SSSR count). The number of carbonyl (C=O) groups is 2. The summed E-state index contributed by atoms with van der Waals surface area (Å²) in [5.41, 5.74) is 2.16. The molecule has 3 heterocycles. The van der Waals surface area contributed by atoms with Crippen LogP contribution in [0.2, 0.25) is 0 Å². The lowest BCUT2D eigenvalue weighted by Gasteiger charge is -1.99. The number of thiazole rings is 1. The Hall–Kier alpha value is -3.17. The molecule has 154 valence electrons. The first-order chi connectivity index (χ1) is 14.4. The SMILES string of the molecule is COc1ccc2oc(C(=O)Nc3nc(-c4ccc(CNC(C)=O)s4)cs3)c(C)c2c1. The third kappa shape index (κ3) is 4.07. The topological polar surface area (TPSA) is 93.5 Å². The number of nitrogens with one attached hydrogen (secondary N) is 2. The number of fused-ring (bicyclic) bond motifs is 1. The van der Waals surface area contributed by atoms with Crippen molar-refractivity contribution in [3.63, 3.8) is 0 Å². The van der Waals surface area contributed by atoms with Gasteiger partial charge in [-0.2, -0.15) is 0 Å². The van der Waals surface area contributed by atoms with E-state index in [0.717, 1.165) is 26.4 Å². The number of rotatable bonds is 6. The summed E-state index contributed by atoms with van der Waals surface area (Å²) in [5.74, 6) is 0.546. The van der Waals surface area contributed by atoms with Crippen molar-refractivity contribution in [1.29, 1.82) is 0 Å². The highest BCUT2D eigenvalue weighted by Gasteiger charge is 2.19. The Kier molecular flexibility index (Phi) is 5.56. The molecule has 4 aromatic rings. The van der Waals surface area contributed by atoms with Crippen molar-refractivity contribution in [2.75, 3.05) is 12.4 Å². The highest BCUT2D eigenvalue weighted by Crippen LogP contribution is 2.32. The molecule has 0 aliphatic carbocycles. The van der Waals surface area contributed by atoms with Crippen molar-refractivity contribution in [3.05, 3.63) is 51.9 Å². The Morgan fingerprint density at radius 2 is 2.07 bits per heavy atom. The Balaban J connectivity index is 1.50. The number of aromatic nitrogens is 1. The van der Waals surface area contributed by atoms with Gasteiger partial charge in [0.15, 0.2) is 10.9 Å². The smallest absolute Gasteiger partial charge is 0.293 e. The molecule has 0 spiro atoms. The molecule has 0 fully saturated rings. The van der Waals surface area contributed by atoms with Crippen LogP contribution in [0.5, 0.6) is 5.75 Å². The van der Waals surface area contributed by atoms with Gasteiger partial charge in [-0.1, -0.05) is 0 Å². The molecule has 9 heteroatoms. The van der Waals surface area contributed by atoms with Crippen LogP contribution in [0.25, 0.3) is 21.5 Å². The number of ether oxygens (including phenoxy) is 1. The molecule has 0 unspecified atom stereocenters. The zero-order valence-electron chi connectivity index (χ0n) is 16.6. The van der Waals surface area contributed by atoms with Gasteiger partial charge in [0.2, 0.25) is 5.91 Å². The number of benzene rings is 1. The summed E-state index contributed by atoms with van der Waals surface area (Å²) in [5, 5.41) is 8.81. The summed E-state index contributed by atoms with van der Waals surface area (Å²) in [6.07, 6.45) is 0. The maximum absolute atomic E-state index is 12.8. The van der Waals surface area contributed by atoms with Gasteiger partial charge < -0.3 is 14.5 Å². The Morgan fingerprint density at radius 1 is 1.23 bits per heavy atom. The molecule has 30 heavy (non-hydrogen) atoms. The van der Waals surface area contributed by atoms with Crippen LogP contribution in [0.4, 0.5) is 5.13 Å². The fraction of sp³-hybridized carbons (Fsp3) is 0.190. The molecule has 0 aliphatic heterocycles. The number of nitrogens with zero attached hydrogens (tertiary/aromatic N) is 1. The van der Waals surface area contributed by atoms with Crippen LogP contribution < -0.4 is 15.4 Å². The fourth-order valence-electron chi connectivity index (χ4n) is 2.96. The lowest BCUT2D eigenvalue weighted by molar-refractivity contribution is -0.119. The number of furan rings is 1. The molecule has 2 amide bonds. The van der Waals surface area contributed by atoms with Gasteiger partial charge in [0.25, 0.3) is 5.91 Å². The molecule has 1 aromatic carbocycles. The second-order valence-electron chi connectivity index (χ2n) is 6.59. The minimum Gasteiger partial charge on any atom is -0.497 e. The van der Waals surface area contributed by atoms with Crippen LogP contribution in [0.15, 0.2) is 40.1 Å². The predicted octanol–water partition coefficient (Wildman–Crippen LogP) is 4.82. The molecule has 2 N–H and O–H groups in total. The number of amides is 2. The van der Waals surface area contributed by atoms with E-state index in [9.17, 15) is 9.59 Å². The second kappa shape index (κ2) is 8.29. The van der Waals surface area contributed by atoms with Crippen molar-refractivity contribution >= 4 is 50.6 Å². The summed E-state index contributed by atoms with van der Waals surface area (Å²) < 4.78 is 11.0. The first kappa shape index (κ1) is 20.1. The first-order valence-electron chi connectivity index (χ1n) is 9.12. The molecule has 3 aromatic heterocycles. The van der Waals surface area contributed by atoms with E-state index in [4.69, 9.17) is 9.15 Å². The molecule has 0 saturated carbocycles. The van der Waals surface area contributed by atoms with E-state index in [1.165, 1.54) is 18.3 Å². The van der Waals surface area contributed by atoms with Gasteiger partial charge in [0.05, 0.1) is 24.2 Å². The van der Waals surface area contributed by atoms with Crippen molar-refractivity contribution < 1.29 is 18.7 Å². The Morgan fingerprint density at radius 3 is 2.83 bits per heavy atom. The van der Waals surface area contributed by atoms with E-state index < -0.39 is 0 Å². The lowest BCUT2D eigenvalue weighted by atomic mass is 10.1. The quantitative estimate of drug-likeness (QED) is 0.447. The first-order valence-corrected chi connectivity index (χ1v) is 10.8. The molecule has 0 radical (unpaired) electrons. The van der Waals surface area contributed by atoms with Crippen LogP contribution in [-0.4, -0.2) is 23.9 Å². The lowest BCUT2D eigenvalue weighted by Crippen LogP contribution is -2.17. The standard InChI is InChI=1S/C21H19N3O4S2/c1-11-15-8-13(27-3)4-6-17(15)28-19(11)20(26)24-21-23-16(10-29-21)18-7-5-14(30-18)9-22-12(2)25/h4-8,10H,9H2,1-3H3,(H,22,25)(H,23,24,26). The molecule has 0 bridgehead atoms. The average Bonchev–Trinajstić information content (AvgIpc) is 3.45. The van der Waals surface area contributed by atoms with E-state index in [1.807, 2.05) is 30.5 Å². The molecule has 0 aliphatic rings. The van der Waals surface area contributed by atoms with Gasteiger partial charge >= 0.3 is 0 Å². The summed E-state index contributed by atoms with van der Waals surface area (Å²) in [4.78, 5) is 30.3. The van der Waals surface area contributed by atoms with Crippen molar-refractivity contribution in [3.8, 4) is 16.3 Å². The fourth-order valence-corrected chi connectivity index (χ4v) is 4.65. The van der Waals surface area contributed by atoms with Gasteiger partial charge in [0.1, 0.15) is 11.3 Å². The van der Waals surface area contributed by atoms with Crippen LogP contribution in [0.1, 0.15) is 27.9 Å². The molecule has 0 atom stereocenters. The van der Waals surface area contributed by atoms with E-state index in [1.54, 1.807) is 30.6 Å². The van der Waals surface area contributed by atoms with Gasteiger partial charge in [-0.3, -0.25) is 14.9 Å². The van der Waals surface area contributed by atoms with Crippen LogP contribution in [0, 0.1) is 6.92 Å². The number of methoxy groups -OCH3 is 1. The second-order valence-corrected chi connectivity index (χ2v) is 8.61. The third-order valence-corrected chi connectivity index (χ3v) is 6.37. The summed E-state index contributed by atoms with van der Waals surface area (Å²) in [6, 6.07) is 9.34. The third-order valence-electron chi connectivity index (χ3n) is 4.50. The number of thiophene rings is 1. The number of hydrogen-bond donors (Lipinski definition) is 2.